The van der Waals surface area contributed by atoms with Gasteiger partial charge in [-0.15, -0.1) is 0 Å². The standard InChI is InChI=1S/C17H16Cl2N2O3/c1-2-11-3-6-13(7-4-11)24-10-16(22)20-21-17(23)12-5-8-14(18)15(19)9-12/h3-9H,2,10H2,1H3,(H,20,22)(H,21,23). The third kappa shape index (κ3) is 5.15. The summed E-state index contributed by atoms with van der Waals surface area (Å²) in [4.78, 5) is 23.6. The number of hydrogen-bond acceptors (Lipinski definition) is 3. The summed E-state index contributed by atoms with van der Waals surface area (Å²) in [5.41, 5.74) is 6.01. The fourth-order valence-electron chi connectivity index (χ4n) is 1.84. The lowest BCUT2D eigenvalue weighted by atomic mass is 10.2. The summed E-state index contributed by atoms with van der Waals surface area (Å²) in [6, 6.07) is 11.9. The maximum atomic E-state index is 11.9. The highest BCUT2D eigenvalue weighted by atomic mass is 35.5. The van der Waals surface area contributed by atoms with E-state index in [1.807, 2.05) is 12.1 Å². The summed E-state index contributed by atoms with van der Waals surface area (Å²) < 4.78 is 5.34. The first kappa shape index (κ1) is 18.1. The van der Waals surface area contributed by atoms with E-state index in [4.69, 9.17) is 27.9 Å². The Balaban J connectivity index is 1.79. The van der Waals surface area contributed by atoms with Gasteiger partial charge in [0, 0.05) is 5.56 Å². The molecule has 0 saturated heterocycles. The Hall–Kier alpha value is -2.24. The molecule has 2 rings (SSSR count). The molecule has 5 nitrogen and oxygen atoms in total. The molecule has 0 saturated carbocycles. The van der Waals surface area contributed by atoms with Crippen LogP contribution >= 0.6 is 23.2 Å². The average molecular weight is 367 g/mol. The molecule has 0 heterocycles. The van der Waals surface area contributed by atoms with E-state index < -0.39 is 11.8 Å². The van der Waals surface area contributed by atoms with E-state index in [0.717, 1.165) is 6.42 Å². The lowest BCUT2D eigenvalue weighted by molar-refractivity contribution is -0.123. The number of aryl methyl sites for hydroxylation is 1. The van der Waals surface area contributed by atoms with Crippen molar-refractivity contribution < 1.29 is 14.3 Å². The first-order chi connectivity index (χ1) is 11.5. The Morgan fingerprint density at radius 1 is 1.00 bits per heavy atom. The molecule has 0 aliphatic rings. The predicted molar refractivity (Wildman–Crippen MR) is 93.4 cm³/mol. The summed E-state index contributed by atoms with van der Waals surface area (Å²) in [5, 5.41) is 0.606. The highest BCUT2D eigenvalue weighted by molar-refractivity contribution is 6.42. The van der Waals surface area contributed by atoms with E-state index in [9.17, 15) is 9.59 Å². The number of ether oxygens (including phenoxy) is 1. The minimum Gasteiger partial charge on any atom is -0.484 e. The van der Waals surface area contributed by atoms with Crippen LogP contribution in [0.1, 0.15) is 22.8 Å². The summed E-state index contributed by atoms with van der Waals surface area (Å²) >= 11 is 11.6. The van der Waals surface area contributed by atoms with Crippen molar-refractivity contribution in [3.63, 3.8) is 0 Å². The van der Waals surface area contributed by atoms with Gasteiger partial charge in [-0.1, -0.05) is 42.3 Å². The number of halogens is 2. The number of hydrogen-bond donors (Lipinski definition) is 2. The molecule has 0 spiro atoms. The van der Waals surface area contributed by atoms with Crippen LogP contribution in [0.4, 0.5) is 0 Å². The summed E-state index contributed by atoms with van der Waals surface area (Å²) in [6.07, 6.45) is 0.932. The Morgan fingerprint density at radius 2 is 1.71 bits per heavy atom. The van der Waals surface area contributed by atoms with Crippen molar-refractivity contribution in [3.8, 4) is 5.75 Å². The van der Waals surface area contributed by atoms with E-state index in [1.165, 1.54) is 23.8 Å². The van der Waals surface area contributed by atoms with Crippen molar-refractivity contribution >= 4 is 35.0 Å². The summed E-state index contributed by atoms with van der Waals surface area (Å²) in [5.74, 6) is -0.407. The number of rotatable bonds is 5. The van der Waals surface area contributed by atoms with E-state index in [2.05, 4.69) is 17.8 Å². The molecule has 2 aromatic rings. The minimum atomic E-state index is -0.505. The zero-order valence-corrected chi connectivity index (χ0v) is 14.4. The first-order valence-electron chi connectivity index (χ1n) is 7.25. The second kappa shape index (κ2) is 8.57. The van der Waals surface area contributed by atoms with Crippen LogP contribution in [0.25, 0.3) is 0 Å². The van der Waals surface area contributed by atoms with Gasteiger partial charge >= 0.3 is 0 Å². The fraction of sp³-hybridized carbons (Fsp3) is 0.176. The molecule has 0 fully saturated rings. The molecule has 24 heavy (non-hydrogen) atoms. The Labute approximate surface area is 149 Å². The largest absolute Gasteiger partial charge is 0.484 e. The number of carbonyl (C=O) groups is 2. The van der Waals surface area contributed by atoms with Crippen LogP contribution in [0.2, 0.25) is 10.0 Å². The molecule has 2 N–H and O–H groups in total. The van der Waals surface area contributed by atoms with Crippen LogP contribution in [0.3, 0.4) is 0 Å². The highest BCUT2D eigenvalue weighted by Crippen LogP contribution is 2.22. The van der Waals surface area contributed by atoms with E-state index >= 15 is 0 Å². The monoisotopic (exact) mass is 366 g/mol. The zero-order chi connectivity index (χ0) is 17.5. The van der Waals surface area contributed by atoms with Crippen molar-refractivity contribution in [2.75, 3.05) is 6.61 Å². The van der Waals surface area contributed by atoms with Crippen LogP contribution in [-0.4, -0.2) is 18.4 Å². The van der Waals surface area contributed by atoms with Crippen molar-refractivity contribution in [2.24, 2.45) is 0 Å². The van der Waals surface area contributed by atoms with Crippen molar-refractivity contribution in [2.45, 2.75) is 13.3 Å². The number of benzene rings is 2. The van der Waals surface area contributed by atoms with Gasteiger partial charge in [0.15, 0.2) is 6.61 Å². The van der Waals surface area contributed by atoms with Crippen LogP contribution < -0.4 is 15.6 Å². The molecule has 0 aromatic heterocycles. The molecule has 0 atom stereocenters. The van der Waals surface area contributed by atoms with Gasteiger partial charge < -0.3 is 4.74 Å². The highest BCUT2D eigenvalue weighted by Gasteiger charge is 2.09. The average Bonchev–Trinajstić information content (AvgIpc) is 2.60. The van der Waals surface area contributed by atoms with Gasteiger partial charge in [-0.3, -0.25) is 20.4 Å². The van der Waals surface area contributed by atoms with Crippen LogP contribution in [-0.2, 0) is 11.2 Å². The normalized spacial score (nSPS) is 10.1. The van der Waals surface area contributed by atoms with Crippen molar-refractivity contribution in [1.82, 2.24) is 10.9 Å². The topological polar surface area (TPSA) is 67.4 Å². The minimum absolute atomic E-state index is 0.215. The maximum Gasteiger partial charge on any atom is 0.276 e. The van der Waals surface area contributed by atoms with Crippen LogP contribution in [0.15, 0.2) is 42.5 Å². The van der Waals surface area contributed by atoms with Gasteiger partial charge in [0.2, 0.25) is 0 Å². The molecular formula is C17H16Cl2N2O3. The molecule has 7 heteroatoms. The number of amides is 2. The second-order valence-corrected chi connectivity index (χ2v) is 5.73. The number of nitrogens with one attached hydrogen (secondary N) is 2. The van der Waals surface area contributed by atoms with Crippen molar-refractivity contribution in [1.29, 1.82) is 0 Å². The predicted octanol–water partition coefficient (Wildman–Crippen LogP) is 3.40. The second-order valence-electron chi connectivity index (χ2n) is 4.92. The third-order valence-corrected chi connectivity index (χ3v) is 3.94. The SMILES string of the molecule is CCc1ccc(OCC(=O)NNC(=O)c2ccc(Cl)c(Cl)c2)cc1. The van der Waals surface area contributed by atoms with Gasteiger partial charge in [-0.25, -0.2) is 0 Å². The third-order valence-electron chi connectivity index (χ3n) is 3.20. The molecule has 2 aromatic carbocycles. The van der Waals surface area contributed by atoms with E-state index in [-0.39, 0.29) is 17.2 Å². The smallest absolute Gasteiger partial charge is 0.276 e. The summed E-state index contributed by atoms with van der Waals surface area (Å²) in [6.45, 7) is 1.84. The van der Waals surface area contributed by atoms with Crippen molar-refractivity contribution in [3.05, 3.63) is 63.6 Å². The first-order valence-corrected chi connectivity index (χ1v) is 8.01. The van der Waals surface area contributed by atoms with E-state index in [1.54, 1.807) is 12.1 Å². The fourth-order valence-corrected chi connectivity index (χ4v) is 2.14. The lowest BCUT2D eigenvalue weighted by Crippen LogP contribution is -2.43. The Morgan fingerprint density at radius 3 is 2.33 bits per heavy atom. The molecule has 2 amide bonds. The molecule has 0 radical (unpaired) electrons. The Kier molecular flexibility index (Phi) is 6.46. The molecule has 126 valence electrons. The lowest BCUT2D eigenvalue weighted by Gasteiger charge is -2.09. The molecule has 0 unspecified atom stereocenters. The zero-order valence-electron chi connectivity index (χ0n) is 12.9. The summed E-state index contributed by atoms with van der Waals surface area (Å²) in [7, 11) is 0. The maximum absolute atomic E-state index is 11.9. The van der Waals surface area contributed by atoms with Gasteiger partial charge in [-0.2, -0.15) is 0 Å². The molecule has 0 aliphatic heterocycles. The van der Waals surface area contributed by atoms with Gasteiger partial charge in [0.1, 0.15) is 5.75 Å². The van der Waals surface area contributed by atoms with Crippen LogP contribution in [0, 0.1) is 0 Å². The van der Waals surface area contributed by atoms with Gasteiger partial charge in [0.05, 0.1) is 10.0 Å². The molecule has 0 aliphatic carbocycles. The quantitative estimate of drug-likeness (QED) is 0.796. The van der Waals surface area contributed by atoms with E-state index in [0.29, 0.717) is 10.8 Å². The number of hydrazine groups is 1. The molecule has 0 bridgehead atoms. The number of carbonyl (C=O) groups excluding carboxylic acids is 2. The van der Waals surface area contributed by atoms with Gasteiger partial charge in [0.25, 0.3) is 11.8 Å². The molecular weight excluding hydrogens is 351 g/mol. The van der Waals surface area contributed by atoms with Gasteiger partial charge in [-0.05, 0) is 42.3 Å². The Bertz CT molecular complexity index is 733. The van der Waals surface area contributed by atoms with Crippen LogP contribution in [0.5, 0.6) is 5.75 Å².